The van der Waals surface area contributed by atoms with Crippen molar-refractivity contribution in [2.45, 2.75) is 37.5 Å². The number of rotatable bonds is 4. The quantitative estimate of drug-likeness (QED) is 0.477. The third-order valence-corrected chi connectivity index (χ3v) is 6.11. The molecule has 4 aromatic heterocycles. The predicted molar refractivity (Wildman–Crippen MR) is 114 cm³/mol. The Labute approximate surface area is 191 Å². The van der Waals surface area contributed by atoms with E-state index < -0.39 is 17.8 Å². The maximum atomic E-state index is 13.6. The summed E-state index contributed by atoms with van der Waals surface area (Å²) in [5.74, 6) is 0.217. The molecule has 0 unspecified atom stereocenters. The number of fused-ring (bicyclic) bond motifs is 2. The van der Waals surface area contributed by atoms with Gasteiger partial charge in [0, 0.05) is 25.2 Å². The first-order valence-corrected chi connectivity index (χ1v) is 10.9. The molecule has 2 aliphatic rings. The lowest BCUT2D eigenvalue weighted by Gasteiger charge is -2.34. The fourth-order valence-electron chi connectivity index (χ4n) is 4.32. The lowest BCUT2D eigenvalue weighted by atomic mass is 9.99. The van der Waals surface area contributed by atoms with E-state index in [4.69, 9.17) is 0 Å². The van der Waals surface area contributed by atoms with Crippen molar-refractivity contribution in [2.24, 2.45) is 0 Å². The molecule has 1 atom stereocenters. The van der Waals surface area contributed by atoms with E-state index in [2.05, 4.69) is 30.4 Å². The molecule has 1 saturated carbocycles. The Hall–Kier alpha value is -3.96. The van der Waals surface area contributed by atoms with Crippen LogP contribution >= 0.6 is 0 Å². The van der Waals surface area contributed by atoms with Crippen LogP contribution in [0.5, 0.6) is 0 Å². The van der Waals surface area contributed by atoms with Crippen molar-refractivity contribution in [1.82, 2.24) is 34.9 Å². The van der Waals surface area contributed by atoms with E-state index in [1.165, 1.54) is 35.2 Å². The molecule has 4 aromatic rings. The number of anilines is 1. The Morgan fingerprint density at radius 2 is 2.03 bits per heavy atom. The van der Waals surface area contributed by atoms with E-state index in [1.54, 1.807) is 6.33 Å². The second-order valence-electron chi connectivity index (χ2n) is 8.44. The molecule has 9 nitrogen and oxygen atoms in total. The molecule has 1 aliphatic carbocycles. The van der Waals surface area contributed by atoms with Crippen molar-refractivity contribution < 1.29 is 18.0 Å². The molecule has 2 N–H and O–H groups in total. The number of hydrogen-bond acceptors (Lipinski definition) is 6. The molecular formula is C22H19F3N8O. The second-order valence-corrected chi connectivity index (χ2v) is 8.44. The van der Waals surface area contributed by atoms with Crippen molar-refractivity contribution in [3.05, 3.63) is 71.5 Å². The van der Waals surface area contributed by atoms with Crippen LogP contribution in [0.3, 0.4) is 0 Å². The molecule has 6 rings (SSSR count). The van der Waals surface area contributed by atoms with Crippen LogP contribution < -0.4 is 10.2 Å². The molecule has 0 saturated heterocycles. The number of nitrogens with zero attached hydrogens (tertiary/aromatic N) is 6. The van der Waals surface area contributed by atoms with Crippen LogP contribution in [0.2, 0.25) is 0 Å². The number of aromatic nitrogens is 6. The molecule has 12 heteroatoms. The normalized spacial score (nSPS) is 18.2. The lowest BCUT2D eigenvalue weighted by Crippen LogP contribution is -2.37. The first-order valence-electron chi connectivity index (χ1n) is 10.9. The van der Waals surface area contributed by atoms with Crippen LogP contribution in [-0.2, 0) is 12.6 Å². The Balaban J connectivity index is 1.40. The number of halogens is 3. The summed E-state index contributed by atoms with van der Waals surface area (Å²) >= 11 is 0. The minimum atomic E-state index is -4.51. The Kier molecular flexibility index (Phi) is 4.57. The number of pyridine rings is 1. The number of H-pyrrole nitrogens is 1. The summed E-state index contributed by atoms with van der Waals surface area (Å²) in [6.07, 6.45) is 4.01. The third kappa shape index (κ3) is 3.55. The number of alkyl halides is 3. The van der Waals surface area contributed by atoms with Crippen LogP contribution in [0.15, 0.2) is 43.1 Å². The summed E-state index contributed by atoms with van der Waals surface area (Å²) in [5, 5.41) is 7.34. The van der Waals surface area contributed by atoms with Gasteiger partial charge in [-0.3, -0.25) is 4.79 Å². The summed E-state index contributed by atoms with van der Waals surface area (Å²) < 4.78 is 41.9. The van der Waals surface area contributed by atoms with Crippen LogP contribution in [0.1, 0.15) is 52.0 Å². The number of hydrogen-bond donors (Lipinski definition) is 2. The molecule has 5 heterocycles. The van der Waals surface area contributed by atoms with E-state index in [0.717, 1.165) is 30.3 Å². The van der Waals surface area contributed by atoms with Crippen LogP contribution in [0.25, 0.3) is 5.52 Å². The van der Waals surface area contributed by atoms with E-state index >= 15 is 0 Å². The van der Waals surface area contributed by atoms with Gasteiger partial charge in [-0.1, -0.05) is 0 Å². The fourth-order valence-corrected chi connectivity index (χ4v) is 4.32. The number of amides is 1. The Morgan fingerprint density at radius 1 is 1.18 bits per heavy atom. The topological polar surface area (TPSA) is 104 Å². The van der Waals surface area contributed by atoms with Gasteiger partial charge in [0.1, 0.15) is 17.6 Å². The molecule has 174 valence electrons. The van der Waals surface area contributed by atoms with Gasteiger partial charge in [0.15, 0.2) is 0 Å². The van der Waals surface area contributed by atoms with E-state index in [0.29, 0.717) is 24.5 Å². The average molecular weight is 468 g/mol. The number of imidazole rings is 1. The molecule has 0 aromatic carbocycles. The highest BCUT2D eigenvalue weighted by Gasteiger charge is 2.37. The molecule has 0 radical (unpaired) electrons. The molecule has 1 fully saturated rings. The number of carbonyl (C=O) groups is 1. The van der Waals surface area contributed by atoms with Crippen LogP contribution in [0.4, 0.5) is 19.0 Å². The minimum Gasteiger partial charge on any atom is -0.348 e. The SMILES string of the molecule is O=C(NC1CC1)c1cnc(N2CCc3nc[nH]c3[C@@H]2c2cc3c(C(F)(F)F)cccn3n2)cn1. The van der Waals surface area contributed by atoms with Gasteiger partial charge < -0.3 is 15.2 Å². The smallest absolute Gasteiger partial charge is 0.348 e. The molecule has 34 heavy (non-hydrogen) atoms. The van der Waals surface area contributed by atoms with E-state index in [-0.39, 0.29) is 23.2 Å². The van der Waals surface area contributed by atoms with Gasteiger partial charge >= 0.3 is 6.18 Å². The van der Waals surface area contributed by atoms with Gasteiger partial charge in [0.25, 0.3) is 5.91 Å². The summed E-state index contributed by atoms with van der Waals surface area (Å²) in [5.41, 5.74) is 1.40. The zero-order valence-electron chi connectivity index (χ0n) is 17.8. The maximum Gasteiger partial charge on any atom is 0.418 e. The minimum absolute atomic E-state index is 0.0326. The Morgan fingerprint density at radius 3 is 2.76 bits per heavy atom. The number of aromatic amines is 1. The summed E-state index contributed by atoms with van der Waals surface area (Å²) in [4.78, 5) is 30.4. The summed E-state index contributed by atoms with van der Waals surface area (Å²) in [7, 11) is 0. The standard InChI is InChI=1S/C22H19F3N8O/c23-22(24,25)13-2-1-6-33-17(13)8-15(31-33)20-19-14(28-11-29-19)5-7-32(20)18-10-26-16(9-27-18)21(34)30-12-3-4-12/h1-2,6,8-12,20H,3-5,7H2,(H,28,29)(H,30,34)/t20-/m0/s1. The highest BCUT2D eigenvalue weighted by Crippen LogP contribution is 2.38. The van der Waals surface area contributed by atoms with Crippen molar-refractivity contribution in [3.63, 3.8) is 0 Å². The van der Waals surface area contributed by atoms with Gasteiger partial charge in [-0.15, -0.1) is 0 Å². The molecule has 1 aliphatic heterocycles. The van der Waals surface area contributed by atoms with E-state index in [9.17, 15) is 18.0 Å². The summed E-state index contributed by atoms with van der Waals surface area (Å²) in [6, 6.07) is 3.46. The van der Waals surface area contributed by atoms with Crippen molar-refractivity contribution in [1.29, 1.82) is 0 Å². The van der Waals surface area contributed by atoms with Gasteiger partial charge in [-0.05, 0) is 31.0 Å². The predicted octanol–water partition coefficient (Wildman–Crippen LogP) is 2.91. The fraction of sp³-hybridized carbons (Fsp3) is 0.318. The van der Waals surface area contributed by atoms with E-state index in [1.807, 2.05) is 4.90 Å². The Bertz CT molecular complexity index is 1370. The van der Waals surface area contributed by atoms with Crippen LogP contribution in [0, 0.1) is 0 Å². The zero-order chi connectivity index (χ0) is 23.4. The molecular weight excluding hydrogens is 449 g/mol. The first-order chi connectivity index (χ1) is 16.4. The highest BCUT2D eigenvalue weighted by molar-refractivity contribution is 5.92. The number of carbonyl (C=O) groups excluding carboxylic acids is 1. The summed E-state index contributed by atoms with van der Waals surface area (Å²) in [6.45, 7) is 0.505. The van der Waals surface area contributed by atoms with Gasteiger partial charge in [0.05, 0.1) is 46.9 Å². The van der Waals surface area contributed by atoms with Gasteiger partial charge in [-0.2, -0.15) is 18.3 Å². The van der Waals surface area contributed by atoms with Gasteiger partial charge in [-0.25, -0.2) is 19.5 Å². The van der Waals surface area contributed by atoms with Gasteiger partial charge in [0.2, 0.25) is 0 Å². The maximum absolute atomic E-state index is 13.6. The highest BCUT2D eigenvalue weighted by atomic mass is 19.4. The third-order valence-electron chi connectivity index (χ3n) is 6.11. The monoisotopic (exact) mass is 468 g/mol. The lowest BCUT2D eigenvalue weighted by molar-refractivity contribution is -0.136. The molecule has 0 bridgehead atoms. The average Bonchev–Trinajstić information content (AvgIpc) is 3.32. The zero-order valence-corrected chi connectivity index (χ0v) is 17.8. The van der Waals surface area contributed by atoms with Crippen molar-refractivity contribution in [3.8, 4) is 0 Å². The number of nitrogens with one attached hydrogen (secondary N) is 2. The molecule has 1 amide bonds. The first kappa shape index (κ1) is 20.6. The molecule has 0 spiro atoms. The van der Waals surface area contributed by atoms with Crippen LogP contribution in [-0.4, -0.2) is 48.0 Å². The van der Waals surface area contributed by atoms with Crippen molar-refractivity contribution in [2.75, 3.05) is 11.4 Å². The largest absolute Gasteiger partial charge is 0.418 e. The second kappa shape index (κ2) is 7.54. The van der Waals surface area contributed by atoms with Crippen molar-refractivity contribution >= 4 is 17.2 Å².